The number of likely N-dealkylation sites (N-methyl/N-ethyl adjacent to an activating group) is 1. The monoisotopic (exact) mass is 215 g/mol. The summed E-state index contributed by atoms with van der Waals surface area (Å²) in [5, 5.41) is 3.31. The third-order valence-corrected chi connectivity index (χ3v) is 2.83. The third-order valence-electron chi connectivity index (χ3n) is 2.83. The fourth-order valence-corrected chi connectivity index (χ4v) is 2.03. The Kier molecular flexibility index (Phi) is 6.22. The second-order valence-electron chi connectivity index (χ2n) is 4.70. The van der Waals surface area contributed by atoms with Crippen LogP contribution >= 0.6 is 0 Å². The molecule has 2 atom stereocenters. The molecule has 1 aliphatic rings. The first-order valence-electron chi connectivity index (χ1n) is 6.10. The fraction of sp³-hybridized carbons (Fsp3) is 1.00. The Labute approximate surface area is 93.5 Å². The summed E-state index contributed by atoms with van der Waals surface area (Å²) in [6, 6.07) is 0.551. The topological polar surface area (TPSA) is 30.5 Å². The molecule has 1 aliphatic carbocycles. The molecule has 15 heavy (non-hydrogen) atoms. The standard InChI is InChI=1S/C12H25NO2/c1-10(2)9-14-7-8-15-12-6-4-5-11(12)13-3/h10-13H,4-9H2,1-3H3. The Morgan fingerprint density at radius 1 is 1.27 bits per heavy atom. The van der Waals surface area contributed by atoms with E-state index in [1.807, 2.05) is 7.05 Å². The average molecular weight is 215 g/mol. The van der Waals surface area contributed by atoms with Crippen LogP contribution in [0, 0.1) is 5.92 Å². The Hall–Kier alpha value is -0.120. The first-order valence-corrected chi connectivity index (χ1v) is 6.10. The van der Waals surface area contributed by atoms with Crippen molar-refractivity contribution >= 4 is 0 Å². The van der Waals surface area contributed by atoms with Crippen molar-refractivity contribution in [2.45, 2.75) is 45.3 Å². The van der Waals surface area contributed by atoms with Crippen molar-refractivity contribution in [2.75, 3.05) is 26.9 Å². The molecule has 0 aliphatic heterocycles. The Morgan fingerprint density at radius 3 is 2.73 bits per heavy atom. The highest BCUT2D eigenvalue weighted by Crippen LogP contribution is 2.21. The number of hydrogen-bond donors (Lipinski definition) is 1. The number of ether oxygens (including phenoxy) is 2. The molecular formula is C12H25NO2. The predicted octanol–water partition coefficient (Wildman–Crippen LogP) is 1.82. The molecule has 1 rings (SSSR count). The Bertz CT molecular complexity index is 162. The zero-order chi connectivity index (χ0) is 11.1. The largest absolute Gasteiger partial charge is 0.379 e. The van der Waals surface area contributed by atoms with E-state index < -0.39 is 0 Å². The molecule has 0 radical (unpaired) electrons. The maximum atomic E-state index is 5.80. The van der Waals surface area contributed by atoms with Crippen LogP contribution in [0.2, 0.25) is 0 Å². The normalized spacial score (nSPS) is 26.4. The molecule has 0 amide bonds. The fourth-order valence-electron chi connectivity index (χ4n) is 2.03. The van der Waals surface area contributed by atoms with Crippen LogP contribution in [0.25, 0.3) is 0 Å². The second kappa shape index (κ2) is 7.20. The zero-order valence-electron chi connectivity index (χ0n) is 10.3. The molecule has 0 heterocycles. The zero-order valence-corrected chi connectivity index (χ0v) is 10.3. The lowest BCUT2D eigenvalue weighted by Crippen LogP contribution is -2.35. The summed E-state index contributed by atoms with van der Waals surface area (Å²) in [4.78, 5) is 0. The van der Waals surface area contributed by atoms with E-state index in [1.165, 1.54) is 19.3 Å². The van der Waals surface area contributed by atoms with Gasteiger partial charge in [-0.2, -0.15) is 0 Å². The van der Waals surface area contributed by atoms with E-state index in [2.05, 4.69) is 19.2 Å². The molecule has 90 valence electrons. The van der Waals surface area contributed by atoms with Gasteiger partial charge in [0.25, 0.3) is 0 Å². The number of nitrogens with one attached hydrogen (secondary N) is 1. The van der Waals surface area contributed by atoms with Crippen LogP contribution in [0.3, 0.4) is 0 Å². The van der Waals surface area contributed by atoms with Crippen LogP contribution in [0.15, 0.2) is 0 Å². The third kappa shape index (κ3) is 4.96. The summed E-state index contributed by atoms with van der Waals surface area (Å²) in [6.45, 7) is 6.62. The molecule has 0 bridgehead atoms. The summed E-state index contributed by atoms with van der Waals surface area (Å²) >= 11 is 0. The van der Waals surface area contributed by atoms with Gasteiger partial charge in [0.1, 0.15) is 0 Å². The molecule has 0 aromatic rings. The molecule has 0 aromatic heterocycles. The first kappa shape index (κ1) is 12.9. The van der Waals surface area contributed by atoms with Crippen LogP contribution in [0.1, 0.15) is 33.1 Å². The van der Waals surface area contributed by atoms with E-state index in [9.17, 15) is 0 Å². The van der Waals surface area contributed by atoms with Crippen LogP contribution in [0.4, 0.5) is 0 Å². The number of hydrogen-bond acceptors (Lipinski definition) is 3. The van der Waals surface area contributed by atoms with Crippen molar-refractivity contribution in [3.63, 3.8) is 0 Å². The maximum absolute atomic E-state index is 5.80. The summed E-state index contributed by atoms with van der Waals surface area (Å²) < 4.78 is 11.3. The van der Waals surface area contributed by atoms with Crippen LogP contribution in [0.5, 0.6) is 0 Å². The van der Waals surface area contributed by atoms with Crippen molar-refractivity contribution < 1.29 is 9.47 Å². The van der Waals surface area contributed by atoms with Gasteiger partial charge in [-0.1, -0.05) is 13.8 Å². The predicted molar refractivity (Wildman–Crippen MR) is 62.1 cm³/mol. The van der Waals surface area contributed by atoms with Crippen LogP contribution in [-0.2, 0) is 9.47 Å². The Morgan fingerprint density at radius 2 is 2.07 bits per heavy atom. The smallest absolute Gasteiger partial charge is 0.0729 e. The minimum atomic E-state index is 0.401. The van der Waals surface area contributed by atoms with Crippen LogP contribution < -0.4 is 5.32 Å². The highest BCUT2D eigenvalue weighted by atomic mass is 16.5. The second-order valence-corrected chi connectivity index (χ2v) is 4.70. The minimum absolute atomic E-state index is 0.401. The molecule has 2 unspecified atom stereocenters. The van der Waals surface area contributed by atoms with Gasteiger partial charge in [-0.15, -0.1) is 0 Å². The lowest BCUT2D eigenvalue weighted by molar-refractivity contribution is -0.00670. The molecule has 0 aromatic carbocycles. The lowest BCUT2D eigenvalue weighted by Gasteiger charge is -2.19. The van der Waals surface area contributed by atoms with E-state index in [4.69, 9.17) is 9.47 Å². The first-order chi connectivity index (χ1) is 7.24. The van der Waals surface area contributed by atoms with Crippen LogP contribution in [-0.4, -0.2) is 39.0 Å². The number of rotatable bonds is 7. The summed E-state index contributed by atoms with van der Waals surface area (Å²) in [5.41, 5.74) is 0. The van der Waals surface area contributed by atoms with Gasteiger partial charge in [-0.05, 0) is 32.2 Å². The van der Waals surface area contributed by atoms with Gasteiger partial charge in [0.15, 0.2) is 0 Å². The molecule has 3 heteroatoms. The minimum Gasteiger partial charge on any atom is -0.379 e. The maximum Gasteiger partial charge on any atom is 0.0729 e. The molecule has 0 saturated heterocycles. The van der Waals surface area contributed by atoms with E-state index >= 15 is 0 Å². The van der Waals surface area contributed by atoms with Gasteiger partial charge >= 0.3 is 0 Å². The highest BCUT2D eigenvalue weighted by Gasteiger charge is 2.26. The summed E-state index contributed by atoms with van der Waals surface area (Å²) in [7, 11) is 2.02. The van der Waals surface area contributed by atoms with Gasteiger partial charge in [0.2, 0.25) is 0 Å². The van der Waals surface area contributed by atoms with Crippen molar-refractivity contribution in [1.82, 2.24) is 5.32 Å². The van der Waals surface area contributed by atoms with Gasteiger partial charge in [0.05, 0.1) is 19.3 Å². The summed E-state index contributed by atoms with van der Waals surface area (Å²) in [6.07, 6.45) is 4.12. The highest BCUT2D eigenvalue weighted by molar-refractivity contribution is 4.82. The molecule has 0 spiro atoms. The van der Waals surface area contributed by atoms with Gasteiger partial charge < -0.3 is 14.8 Å². The molecule has 1 fully saturated rings. The van der Waals surface area contributed by atoms with Crippen molar-refractivity contribution in [3.8, 4) is 0 Å². The van der Waals surface area contributed by atoms with Gasteiger partial charge in [-0.25, -0.2) is 0 Å². The van der Waals surface area contributed by atoms with Gasteiger partial charge in [-0.3, -0.25) is 0 Å². The molecular weight excluding hydrogens is 190 g/mol. The van der Waals surface area contributed by atoms with E-state index in [0.29, 0.717) is 18.1 Å². The van der Waals surface area contributed by atoms with E-state index in [-0.39, 0.29) is 0 Å². The van der Waals surface area contributed by atoms with E-state index in [1.54, 1.807) is 0 Å². The SMILES string of the molecule is CNC1CCCC1OCCOCC(C)C. The Balaban J connectivity index is 1.99. The van der Waals surface area contributed by atoms with Crippen molar-refractivity contribution in [3.05, 3.63) is 0 Å². The molecule has 3 nitrogen and oxygen atoms in total. The van der Waals surface area contributed by atoms with Crippen molar-refractivity contribution in [2.24, 2.45) is 5.92 Å². The van der Waals surface area contributed by atoms with Gasteiger partial charge in [0, 0.05) is 12.6 Å². The lowest BCUT2D eigenvalue weighted by atomic mass is 10.2. The van der Waals surface area contributed by atoms with E-state index in [0.717, 1.165) is 19.8 Å². The molecule has 1 N–H and O–H groups in total. The summed E-state index contributed by atoms with van der Waals surface area (Å²) in [5.74, 6) is 0.613. The quantitative estimate of drug-likeness (QED) is 0.657. The molecule has 1 saturated carbocycles. The average Bonchev–Trinajstić information content (AvgIpc) is 2.64. The van der Waals surface area contributed by atoms with Crippen molar-refractivity contribution in [1.29, 1.82) is 0 Å².